The van der Waals surface area contributed by atoms with E-state index in [2.05, 4.69) is 54.8 Å². The van der Waals surface area contributed by atoms with E-state index < -0.39 is 45.9 Å². The molecular weight excluding hydrogens is 701 g/mol. The SMILES string of the molecule is CC(C)(C)[C@H](NC(=O)[C@@](C)(O)c1ccccc1)c1ncc(-c2ccc(-c3ccc(-c4cnc([C@@H](NC(=O)[C@@](C)(O)c5ccccc5)C(C)(C)C)[nH]4)cc3)cc2)[nH]1. The van der Waals surface area contributed by atoms with Gasteiger partial charge in [0, 0.05) is 0 Å². The fraction of sp³-hybridized carbons (Fsp3) is 0.304. The second-order valence-corrected chi connectivity index (χ2v) is 16.9. The molecule has 0 aliphatic rings. The van der Waals surface area contributed by atoms with Crippen molar-refractivity contribution in [1.29, 1.82) is 0 Å². The largest absolute Gasteiger partial charge is 0.376 e. The molecule has 2 heterocycles. The second kappa shape index (κ2) is 15.4. The van der Waals surface area contributed by atoms with E-state index in [1.54, 1.807) is 60.9 Å². The zero-order valence-electron chi connectivity index (χ0n) is 33.3. The molecule has 2 amide bonds. The van der Waals surface area contributed by atoms with Crippen LogP contribution in [-0.4, -0.2) is 42.0 Å². The first-order valence-corrected chi connectivity index (χ1v) is 18.8. The van der Waals surface area contributed by atoms with Crippen LogP contribution in [0, 0.1) is 10.8 Å². The molecule has 0 radical (unpaired) electrons. The Kier molecular flexibility index (Phi) is 10.9. The van der Waals surface area contributed by atoms with Crippen LogP contribution in [0.5, 0.6) is 0 Å². The third-order valence-electron chi connectivity index (χ3n) is 10.3. The normalized spacial score (nSPS) is 15.2. The molecule has 6 aromatic rings. The summed E-state index contributed by atoms with van der Waals surface area (Å²) in [7, 11) is 0. The molecule has 0 aliphatic carbocycles. The van der Waals surface area contributed by atoms with E-state index in [4.69, 9.17) is 0 Å². The molecule has 56 heavy (non-hydrogen) atoms. The molecule has 10 nitrogen and oxygen atoms in total. The Hall–Kier alpha value is -5.84. The average Bonchev–Trinajstić information content (AvgIpc) is 3.87. The fourth-order valence-corrected chi connectivity index (χ4v) is 6.67. The van der Waals surface area contributed by atoms with Crippen LogP contribution >= 0.6 is 0 Å². The zero-order chi connectivity index (χ0) is 40.5. The van der Waals surface area contributed by atoms with E-state index in [9.17, 15) is 19.8 Å². The second-order valence-electron chi connectivity index (χ2n) is 16.9. The third-order valence-corrected chi connectivity index (χ3v) is 10.3. The first-order chi connectivity index (χ1) is 26.4. The number of amides is 2. The van der Waals surface area contributed by atoms with Crippen molar-refractivity contribution in [2.24, 2.45) is 10.8 Å². The highest BCUT2D eigenvalue weighted by Gasteiger charge is 2.39. The van der Waals surface area contributed by atoms with Gasteiger partial charge < -0.3 is 30.8 Å². The summed E-state index contributed by atoms with van der Waals surface area (Å²) in [5.41, 5.74) is 2.37. The monoisotopic (exact) mass is 752 g/mol. The summed E-state index contributed by atoms with van der Waals surface area (Å²) in [6, 6.07) is 33.2. The van der Waals surface area contributed by atoms with Crippen molar-refractivity contribution in [2.75, 3.05) is 0 Å². The molecule has 6 N–H and O–H groups in total. The molecule has 2 aromatic heterocycles. The van der Waals surface area contributed by atoms with Crippen molar-refractivity contribution in [1.82, 2.24) is 30.6 Å². The lowest BCUT2D eigenvalue weighted by Crippen LogP contribution is -2.47. The number of rotatable bonds is 11. The van der Waals surface area contributed by atoms with Gasteiger partial charge in [0.2, 0.25) is 0 Å². The number of imidazole rings is 2. The van der Waals surface area contributed by atoms with Gasteiger partial charge in [0.15, 0.2) is 11.2 Å². The minimum atomic E-state index is -1.71. The number of hydrogen-bond donors (Lipinski definition) is 6. The van der Waals surface area contributed by atoms with E-state index in [1.807, 2.05) is 77.9 Å². The lowest BCUT2D eigenvalue weighted by molar-refractivity contribution is -0.141. The predicted octanol–water partition coefficient (Wildman–Crippen LogP) is 8.36. The highest BCUT2D eigenvalue weighted by Crippen LogP contribution is 2.36. The Morgan fingerprint density at radius 2 is 0.804 bits per heavy atom. The van der Waals surface area contributed by atoms with Gasteiger partial charge >= 0.3 is 0 Å². The lowest BCUT2D eigenvalue weighted by Gasteiger charge is -2.33. The molecule has 290 valence electrons. The summed E-state index contributed by atoms with van der Waals surface area (Å²) < 4.78 is 0. The van der Waals surface area contributed by atoms with E-state index in [1.165, 1.54) is 13.8 Å². The maximum Gasteiger partial charge on any atom is 0.256 e. The molecule has 0 saturated carbocycles. The van der Waals surface area contributed by atoms with Crippen LogP contribution in [-0.2, 0) is 20.8 Å². The first-order valence-electron chi connectivity index (χ1n) is 18.8. The number of aromatic nitrogens is 4. The van der Waals surface area contributed by atoms with E-state index >= 15 is 0 Å². The molecule has 6 rings (SSSR count). The van der Waals surface area contributed by atoms with Gasteiger partial charge in [-0.05, 0) is 58.1 Å². The molecule has 0 spiro atoms. The van der Waals surface area contributed by atoms with Gasteiger partial charge in [-0.15, -0.1) is 0 Å². The maximum atomic E-state index is 13.4. The quantitative estimate of drug-likeness (QED) is 0.0782. The van der Waals surface area contributed by atoms with Gasteiger partial charge in [0.05, 0.1) is 35.9 Å². The van der Waals surface area contributed by atoms with Crippen LogP contribution in [0.25, 0.3) is 33.6 Å². The molecule has 4 aromatic carbocycles. The summed E-state index contributed by atoms with van der Waals surface area (Å²) in [4.78, 5) is 42.9. The zero-order valence-corrected chi connectivity index (χ0v) is 33.3. The molecule has 0 unspecified atom stereocenters. The lowest BCUT2D eigenvalue weighted by atomic mass is 9.85. The van der Waals surface area contributed by atoms with Crippen molar-refractivity contribution in [3.8, 4) is 33.6 Å². The van der Waals surface area contributed by atoms with E-state index in [0.717, 1.165) is 33.6 Å². The summed E-state index contributed by atoms with van der Waals surface area (Å²) in [5, 5.41) is 28.4. The third kappa shape index (κ3) is 8.51. The first kappa shape index (κ1) is 39.8. The minimum absolute atomic E-state index is 0.403. The van der Waals surface area contributed by atoms with Crippen LogP contribution < -0.4 is 10.6 Å². The van der Waals surface area contributed by atoms with E-state index in [-0.39, 0.29) is 0 Å². The minimum Gasteiger partial charge on any atom is -0.376 e. The number of benzene rings is 4. The van der Waals surface area contributed by atoms with Gasteiger partial charge in [-0.3, -0.25) is 9.59 Å². The van der Waals surface area contributed by atoms with Crippen LogP contribution in [0.2, 0.25) is 0 Å². The number of aliphatic hydroxyl groups is 2. The van der Waals surface area contributed by atoms with Gasteiger partial charge in [0.1, 0.15) is 11.6 Å². The number of carbonyl (C=O) groups is 2. The van der Waals surface area contributed by atoms with Crippen molar-refractivity contribution in [2.45, 2.75) is 78.7 Å². The molecule has 0 fully saturated rings. The van der Waals surface area contributed by atoms with Gasteiger partial charge in [-0.2, -0.15) is 0 Å². The number of carbonyl (C=O) groups excluding carboxylic acids is 2. The standard InChI is InChI=1S/C46H52N6O4/c1-43(2,3)37(51-41(53)45(7,55)33-15-11-9-12-16-33)39-47-27-35(49-39)31-23-19-29(20-24-31)30-21-25-32(26-22-30)36-28-48-40(50-36)38(44(4,5)6)52-42(54)46(8,56)34-17-13-10-14-18-34/h9-28,37-38,55-56H,1-8H3,(H,47,49)(H,48,50)(H,51,53)(H,52,54)/t37-,38-,45+,46+/m1/s1. The van der Waals surface area contributed by atoms with Crippen LogP contribution in [0.4, 0.5) is 0 Å². The fourth-order valence-electron chi connectivity index (χ4n) is 6.67. The summed E-state index contributed by atoms with van der Waals surface area (Å²) in [6.45, 7) is 15.1. The molecule has 4 atom stereocenters. The topological polar surface area (TPSA) is 156 Å². The van der Waals surface area contributed by atoms with Crippen LogP contribution in [0.15, 0.2) is 122 Å². The molecular formula is C46H52N6O4. The van der Waals surface area contributed by atoms with Crippen molar-refractivity contribution in [3.63, 3.8) is 0 Å². The average molecular weight is 753 g/mol. The summed E-state index contributed by atoms with van der Waals surface area (Å²) in [6.07, 6.45) is 3.53. The Morgan fingerprint density at radius 3 is 1.11 bits per heavy atom. The number of nitrogens with one attached hydrogen (secondary N) is 4. The Labute approximate surface area is 328 Å². The Bertz CT molecular complexity index is 2100. The number of nitrogens with zero attached hydrogens (tertiary/aromatic N) is 2. The van der Waals surface area contributed by atoms with E-state index in [0.29, 0.717) is 22.8 Å². The van der Waals surface area contributed by atoms with Gasteiger partial charge in [-0.25, -0.2) is 9.97 Å². The molecule has 0 aliphatic heterocycles. The molecule has 0 saturated heterocycles. The number of H-pyrrole nitrogens is 2. The van der Waals surface area contributed by atoms with Gasteiger partial charge in [-0.1, -0.05) is 151 Å². The maximum absolute atomic E-state index is 13.4. The Morgan fingerprint density at radius 1 is 0.500 bits per heavy atom. The van der Waals surface area contributed by atoms with Crippen LogP contribution in [0.3, 0.4) is 0 Å². The van der Waals surface area contributed by atoms with Crippen molar-refractivity contribution >= 4 is 11.8 Å². The highest BCUT2D eigenvalue weighted by atomic mass is 16.3. The predicted molar refractivity (Wildman–Crippen MR) is 220 cm³/mol. The smallest absolute Gasteiger partial charge is 0.256 e. The number of hydrogen-bond acceptors (Lipinski definition) is 6. The molecule has 10 heteroatoms. The Balaban J connectivity index is 1.15. The molecule has 0 bridgehead atoms. The van der Waals surface area contributed by atoms with Crippen molar-refractivity contribution < 1.29 is 19.8 Å². The van der Waals surface area contributed by atoms with Gasteiger partial charge in [0.25, 0.3) is 11.8 Å². The number of aromatic amines is 2. The van der Waals surface area contributed by atoms with Crippen LogP contribution in [0.1, 0.15) is 90.2 Å². The summed E-state index contributed by atoms with van der Waals surface area (Å²) >= 11 is 0. The van der Waals surface area contributed by atoms with Crippen molar-refractivity contribution in [3.05, 3.63) is 144 Å². The highest BCUT2D eigenvalue weighted by molar-refractivity contribution is 5.87. The summed E-state index contributed by atoms with van der Waals surface area (Å²) in [5.74, 6) is 0.192.